The molecule has 0 fully saturated rings. The first-order chi connectivity index (χ1) is 19.4. The van der Waals surface area contributed by atoms with Gasteiger partial charge in [0.05, 0.1) is 73.3 Å². The third kappa shape index (κ3) is 10.1. The Hall–Kier alpha value is 0.140. The lowest BCUT2D eigenvalue weighted by molar-refractivity contribution is 0.0683. The minimum atomic E-state index is -1.17. The Morgan fingerprint density at radius 2 is 0.833 bits per heavy atom. The summed E-state index contributed by atoms with van der Waals surface area (Å²) in [5.74, 6) is -3.45. The topological polar surface area (TPSA) is 266 Å². The number of aliphatic hydroxyl groups excluding tert-OH is 4. The summed E-state index contributed by atoms with van der Waals surface area (Å²) in [5, 5.41) is 59.3. The van der Waals surface area contributed by atoms with Gasteiger partial charge in [-0.15, -0.1) is 0 Å². The Labute approximate surface area is 320 Å². The molecular weight excluding hydrogens is 1240 g/mol. The van der Waals surface area contributed by atoms with Crippen molar-refractivity contribution in [1.29, 1.82) is 0 Å². The smallest absolute Gasteiger partial charge is 0.337 e. The Morgan fingerprint density at radius 1 is 0.571 bits per heavy atom. The number of aliphatic hydroxyl groups is 4. The predicted molar refractivity (Wildman–Crippen MR) is 203 cm³/mol. The molecular formula is C22H22I6N4O10. The van der Waals surface area contributed by atoms with Gasteiger partial charge in [0.2, 0.25) is 0 Å². The number of carbonyl (C=O) groups is 4. The number of nitrogens with one attached hydrogen (secondary N) is 2. The number of carboxylic acid groups (broad SMARTS) is 2. The lowest BCUT2D eigenvalue weighted by Crippen LogP contribution is -2.35. The molecule has 0 spiro atoms. The summed E-state index contributed by atoms with van der Waals surface area (Å²) in [6.07, 6.45) is -2.16. The Bertz CT molecular complexity index is 1290. The summed E-state index contributed by atoms with van der Waals surface area (Å²) in [6, 6.07) is 0. The number of rotatable bonds is 10. The van der Waals surface area contributed by atoms with E-state index in [-0.39, 0.29) is 53.9 Å². The van der Waals surface area contributed by atoms with Crippen molar-refractivity contribution in [2.75, 3.05) is 37.8 Å². The van der Waals surface area contributed by atoms with Gasteiger partial charge in [0.15, 0.2) is 0 Å². The van der Waals surface area contributed by atoms with Gasteiger partial charge in [-0.2, -0.15) is 0 Å². The molecule has 2 amide bonds. The number of anilines is 2. The molecule has 0 aliphatic heterocycles. The quantitative estimate of drug-likeness (QED) is 0.121. The van der Waals surface area contributed by atoms with Crippen molar-refractivity contribution in [3.05, 3.63) is 43.7 Å². The molecule has 2 unspecified atom stereocenters. The third-order valence-corrected chi connectivity index (χ3v) is 11.6. The molecule has 0 aromatic heterocycles. The zero-order valence-corrected chi connectivity index (χ0v) is 33.7. The van der Waals surface area contributed by atoms with E-state index in [2.05, 4.69) is 10.6 Å². The molecule has 0 saturated heterocycles. The first kappa shape index (κ1) is 40.2. The number of carboxylic acids is 2. The molecule has 14 nitrogen and oxygen atoms in total. The van der Waals surface area contributed by atoms with Crippen LogP contribution in [0.2, 0.25) is 0 Å². The molecule has 0 saturated carbocycles. The molecule has 2 aromatic rings. The average molecular weight is 1260 g/mol. The molecule has 0 aliphatic rings. The van der Waals surface area contributed by atoms with Crippen LogP contribution >= 0.6 is 136 Å². The Kier molecular flexibility index (Phi) is 17.5. The average Bonchev–Trinajstić information content (AvgIpc) is 2.92. The number of hydrogen-bond acceptors (Lipinski definition) is 10. The van der Waals surface area contributed by atoms with Crippen LogP contribution in [0.1, 0.15) is 41.4 Å². The van der Waals surface area contributed by atoms with Crippen LogP contribution < -0.4 is 22.1 Å². The van der Waals surface area contributed by atoms with Crippen LogP contribution in [0.3, 0.4) is 0 Å². The maximum absolute atomic E-state index is 12.2. The van der Waals surface area contributed by atoms with Gasteiger partial charge < -0.3 is 52.7 Å². The minimum absolute atomic E-state index is 0.0260. The SMILES string of the molecule is Nc1c(I)c(C(=O)O)c(I)c(C(=O)NCC(O)CO)c1I.Nc1c(I)c(C(=O)O)c(I)c(C(=O)NCC(O)CO)c1I. The van der Waals surface area contributed by atoms with Gasteiger partial charge in [0.1, 0.15) is 0 Å². The normalized spacial score (nSPS) is 12.0. The first-order valence-electron chi connectivity index (χ1n) is 11.0. The molecule has 2 atom stereocenters. The molecule has 42 heavy (non-hydrogen) atoms. The van der Waals surface area contributed by atoms with Gasteiger partial charge >= 0.3 is 11.9 Å². The standard InChI is InChI=1S/2C11H11I3N2O5/c2*12-6-4(10(19)16-1-3(18)2-17)7(13)9(15)8(14)5(6)11(20)21/h2*3,17-18H,1-2,15H2,(H,16,19)(H,20,21). The number of nitrogen functional groups attached to an aromatic ring is 2. The number of aromatic carboxylic acids is 2. The van der Waals surface area contributed by atoms with Crippen molar-refractivity contribution in [2.24, 2.45) is 0 Å². The number of halogens is 6. The summed E-state index contributed by atoms with van der Waals surface area (Å²) >= 11 is 11.0. The van der Waals surface area contributed by atoms with E-state index in [9.17, 15) is 39.6 Å². The van der Waals surface area contributed by atoms with Crippen LogP contribution in [0.25, 0.3) is 0 Å². The number of nitrogens with two attached hydrogens (primary N) is 2. The molecule has 2 rings (SSSR count). The highest BCUT2D eigenvalue weighted by atomic mass is 127. The van der Waals surface area contributed by atoms with Crippen molar-refractivity contribution in [3.63, 3.8) is 0 Å². The molecule has 0 bridgehead atoms. The number of benzene rings is 2. The zero-order chi connectivity index (χ0) is 32.6. The van der Waals surface area contributed by atoms with Crippen LogP contribution in [-0.4, -0.2) is 92.9 Å². The van der Waals surface area contributed by atoms with Gasteiger partial charge in [-0.3, -0.25) is 9.59 Å². The molecule has 20 heteroatoms. The van der Waals surface area contributed by atoms with E-state index in [4.69, 9.17) is 21.7 Å². The molecule has 2 aromatic carbocycles. The van der Waals surface area contributed by atoms with Crippen molar-refractivity contribution in [2.45, 2.75) is 12.2 Å². The monoisotopic (exact) mass is 1260 g/mol. The zero-order valence-electron chi connectivity index (χ0n) is 20.7. The fourth-order valence-corrected chi connectivity index (χ4v) is 11.1. The van der Waals surface area contributed by atoms with Gasteiger partial charge in [-0.05, 0) is 136 Å². The second-order valence-corrected chi connectivity index (χ2v) is 14.4. The van der Waals surface area contributed by atoms with Crippen LogP contribution in [0, 0.1) is 21.4 Å². The van der Waals surface area contributed by atoms with E-state index in [1.54, 1.807) is 45.2 Å². The summed E-state index contributed by atoms with van der Waals surface area (Å²) < 4.78 is 2.20. The van der Waals surface area contributed by atoms with E-state index in [1.165, 1.54) is 0 Å². The molecule has 0 heterocycles. The van der Waals surface area contributed by atoms with E-state index in [0.717, 1.165) is 0 Å². The van der Waals surface area contributed by atoms with Crippen LogP contribution in [-0.2, 0) is 0 Å². The minimum Gasteiger partial charge on any atom is -0.478 e. The maximum Gasteiger partial charge on any atom is 0.337 e. The van der Waals surface area contributed by atoms with Crippen LogP contribution in [0.15, 0.2) is 0 Å². The Morgan fingerprint density at radius 3 is 1.07 bits per heavy atom. The maximum atomic E-state index is 12.2. The van der Waals surface area contributed by atoms with Crippen molar-refractivity contribution < 1.29 is 49.8 Å². The molecule has 232 valence electrons. The molecule has 0 aliphatic carbocycles. The van der Waals surface area contributed by atoms with E-state index < -0.39 is 49.2 Å². The van der Waals surface area contributed by atoms with Gasteiger partial charge in [-0.1, -0.05) is 0 Å². The fourth-order valence-electron chi connectivity index (χ4n) is 2.87. The molecule has 12 N–H and O–H groups in total. The molecule has 0 radical (unpaired) electrons. The van der Waals surface area contributed by atoms with Crippen LogP contribution in [0.5, 0.6) is 0 Å². The third-order valence-electron chi connectivity index (χ3n) is 5.00. The number of carbonyl (C=O) groups excluding carboxylic acids is 2. The second kappa shape index (κ2) is 18.3. The predicted octanol–water partition coefficient (Wildman–Crippen LogP) is 1.73. The summed E-state index contributed by atoms with van der Waals surface area (Å²) in [6.45, 7) is -1.25. The second-order valence-electron chi connectivity index (χ2n) is 7.91. The number of hydrogen-bond donors (Lipinski definition) is 10. The summed E-state index contributed by atoms with van der Waals surface area (Å²) in [5.41, 5.74) is 12.4. The van der Waals surface area contributed by atoms with Gasteiger partial charge in [0.25, 0.3) is 11.8 Å². The number of amides is 2. The van der Waals surface area contributed by atoms with Crippen molar-refractivity contribution in [1.82, 2.24) is 10.6 Å². The van der Waals surface area contributed by atoms with Gasteiger partial charge in [-0.25, -0.2) is 9.59 Å². The Balaban J connectivity index is 0.000000420. The van der Waals surface area contributed by atoms with E-state index in [0.29, 0.717) is 14.3 Å². The summed E-state index contributed by atoms with van der Waals surface area (Å²) in [4.78, 5) is 47.0. The highest BCUT2D eigenvalue weighted by Gasteiger charge is 2.28. The van der Waals surface area contributed by atoms with Crippen molar-refractivity contribution >= 4 is 171 Å². The summed E-state index contributed by atoms with van der Waals surface area (Å²) in [7, 11) is 0. The van der Waals surface area contributed by atoms with Crippen LogP contribution in [0.4, 0.5) is 11.4 Å². The first-order valence-corrected chi connectivity index (χ1v) is 17.4. The van der Waals surface area contributed by atoms with Gasteiger partial charge in [0, 0.05) is 20.2 Å². The van der Waals surface area contributed by atoms with E-state index in [1.807, 2.05) is 90.4 Å². The largest absolute Gasteiger partial charge is 0.478 e. The highest BCUT2D eigenvalue weighted by molar-refractivity contribution is 14.1. The van der Waals surface area contributed by atoms with Crippen molar-refractivity contribution in [3.8, 4) is 0 Å². The van der Waals surface area contributed by atoms with E-state index >= 15 is 0 Å². The highest BCUT2D eigenvalue weighted by Crippen LogP contribution is 2.35. The lowest BCUT2D eigenvalue weighted by atomic mass is 10.1. The fraction of sp³-hybridized carbons (Fsp3) is 0.273. The lowest BCUT2D eigenvalue weighted by Gasteiger charge is -2.16.